The van der Waals surface area contributed by atoms with E-state index in [2.05, 4.69) is 0 Å². The summed E-state index contributed by atoms with van der Waals surface area (Å²) < 4.78 is 0. The molecule has 0 aliphatic carbocycles. The molecule has 0 bridgehead atoms. The van der Waals surface area contributed by atoms with Crippen LogP contribution in [0.3, 0.4) is 0 Å². The van der Waals surface area contributed by atoms with Gasteiger partial charge in [0.05, 0.1) is 11.0 Å². The Morgan fingerprint density at radius 2 is 2.06 bits per heavy atom. The topological polar surface area (TPSA) is 69.2 Å². The zero-order valence-electron chi connectivity index (χ0n) is 8.78. The second-order valence-electron chi connectivity index (χ2n) is 3.35. The van der Waals surface area contributed by atoms with E-state index >= 15 is 0 Å². The minimum absolute atomic E-state index is 0. The first-order chi connectivity index (χ1) is 7.68. The summed E-state index contributed by atoms with van der Waals surface area (Å²) in [5.41, 5.74) is 6.85. The minimum Gasteiger partial charge on any atom is -0.320 e. The van der Waals surface area contributed by atoms with Gasteiger partial charge in [0.2, 0.25) is 0 Å². The zero-order valence-corrected chi connectivity index (χ0v) is 10.4. The van der Waals surface area contributed by atoms with Gasteiger partial charge >= 0.3 is 0 Å². The van der Waals surface area contributed by atoms with Crippen LogP contribution in [-0.2, 0) is 0 Å². The molecule has 0 spiro atoms. The molecule has 0 aliphatic heterocycles. The number of nitrogens with zero attached hydrogens (tertiary/aromatic N) is 1. The average molecular weight is 271 g/mol. The number of nitro groups is 1. The fraction of sp³-hybridized carbons (Fsp3) is 0.0909. The van der Waals surface area contributed by atoms with Gasteiger partial charge in [0.1, 0.15) is 0 Å². The van der Waals surface area contributed by atoms with Crippen molar-refractivity contribution in [1.29, 1.82) is 0 Å². The molecular formula is C11H11ClN2O2S. The first kappa shape index (κ1) is 13.6. The third-order valence-corrected chi connectivity index (χ3v) is 3.25. The third kappa shape index (κ3) is 3.03. The van der Waals surface area contributed by atoms with Gasteiger partial charge in [0, 0.05) is 17.0 Å². The van der Waals surface area contributed by atoms with Crippen molar-refractivity contribution in [3.8, 4) is 0 Å². The molecule has 0 radical (unpaired) electrons. The average Bonchev–Trinajstić information content (AvgIpc) is 2.81. The number of benzene rings is 1. The number of hydrogen-bond acceptors (Lipinski definition) is 4. The summed E-state index contributed by atoms with van der Waals surface area (Å²) in [6.07, 6.45) is 0. The van der Waals surface area contributed by atoms with E-state index in [0.29, 0.717) is 0 Å². The Kier molecular flexibility index (Phi) is 4.62. The molecule has 0 saturated carbocycles. The highest BCUT2D eigenvalue weighted by Crippen LogP contribution is 2.25. The Morgan fingerprint density at radius 1 is 1.29 bits per heavy atom. The molecule has 90 valence electrons. The van der Waals surface area contributed by atoms with Crippen molar-refractivity contribution in [3.05, 3.63) is 62.3 Å². The van der Waals surface area contributed by atoms with Crippen LogP contribution >= 0.6 is 23.7 Å². The Labute approximate surface area is 109 Å². The number of nitrogens with two attached hydrogens (primary N) is 1. The van der Waals surface area contributed by atoms with Crippen molar-refractivity contribution in [2.45, 2.75) is 6.04 Å². The van der Waals surface area contributed by atoms with Crippen LogP contribution in [0.25, 0.3) is 0 Å². The van der Waals surface area contributed by atoms with Crippen molar-refractivity contribution in [2.24, 2.45) is 5.73 Å². The summed E-state index contributed by atoms with van der Waals surface area (Å²) in [5.74, 6) is 0. The van der Waals surface area contributed by atoms with E-state index in [1.165, 1.54) is 12.1 Å². The van der Waals surface area contributed by atoms with Crippen LogP contribution in [-0.4, -0.2) is 4.92 Å². The number of rotatable bonds is 3. The van der Waals surface area contributed by atoms with Crippen molar-refractivity contribution in [3.63, 3.8) is 0 Å². The van der Waals surface area contributed by atoms with Gasteiger partial charge < -0.3 is 5.73 Å². The minimum atomic E-state index is -0.412. The van der Waals surface area contributed by atoms with E-state index in [4.69, 9.17) is 5.73 Å². The smallest absolute Gasteiger partial charge is 0.269 e. The zero-order chi connectivity index (χ0) is 11.5. The van der Waals surface area contributed by atoms with Crippen LogP contribution in [0.5, 0.6) is 0 Å². The molecule has 6 heteroatoms. The van der Waals surface area contributed by atoms with Gasteiger partial charge in [0.15, 0.2) is 0 Å². The standard InChI is InChI=1S/C11H10N2O2S.ClH/c12-11(10-5-2-6-16-10)8-3-1-4-9(7-8)13(14)15;/h1-7,11H,12H2;1H/t11-;/m1./s1. The molecule has 0 amide bonds. The van der Waals surface area contributed by atoms with Crippen molar-refractivity contribution in [1.82, 2.24) is 0 Å². The van der Waals surface area contributed by atoms with E-state index in [-0.39, 0.29) is 24.1 Å². The SMILES string of the molecule is Cl.N[C@H](c1cccc([N+](=O)[O-])c1)c1cccs1. The molecule has 0 saturated heterocycles. The lowest BCUT2D eigenvalue weighted by molar-refractivity contribution is -0.384. The lowest BCUT2D eigenvalue weighted by atomic mass is 10.1. The van der Waals surface area contributed by atoms with E-state index < -0.39 is 4.92 Å². The van der Waals surface area contributed by atoms with E-state index in [0.717, 1.165) is 10.4 Å². The summed E-state index contributed by atoms with van der Waals surface area (Å²) in [4.78, 5) is 11.2. The highest BCUT2D eigenvalue weighted by Gasteiger charge is 2.13. The predicted molar refractivity (Wildman–Crippen MR) is 70.7 cm³/mol. The molecule has 1 aromatic carbocycles. The molecule has 2 rings (SSSR count). The highest BCUT2D eigenvalue weighted by atomic mass is 35.5. The van der Waals surface area contributed by atoms with E-state index in [1.54, 1.807) is 23.5 Å². The molecule has 0 unspecified atom stereocenters. The van der Waals surface area contributed by atoms with Crippen LogP contribution in [0.2, 0.25) is 0 Å². The van der Waals surface area contributed by atoms with E-state index in [1.807, 2.05) is 17.5 Å². The molecular weight excluding hydrogens is 260 g/mol. The largest absolute Gasteiger partial charge is 0.320 e. The molecule has 1 aromatic heterocycles. The number of hydrogen-bond donors (Lipinski definition) is 1. The fourth-order valence-electron chi connectivity index (χ4n) is 1.46. The summed E-state index contributed by atoms with van der Waals surface area (Å²) in [5, 5.41) is 12.6. The number of halogens is 1. The van der Waals surface area contributed by atoms with Gasteiger partial charge in [0.25, 0.3) is 5.69 Å². The van der Waals surface area contributed by atoms with Gasteiger partial charge in [-0.2, -0.15) is 0 Å². The number of thiophene rings is 1. The summed E-state index contributed by atoms with van der Waals surface area (Å²) in [6, 6.07) is 9.98. The monoisotopic (exact) mass is 270 g/mol. The molecule has 1 atom stereocenters. The maximum atomic E-state index is 10.6. The summed E-state index contributed by atoms with van der Waals surface area (Å²) >= 11 is 1.55. The maximum Gasteiger partial charge on any atom is 0.269 e. The highest BCUT2D eigenvalue weighted by molar-refractivity contribution is 7.10. The van der Waals surface area contributed by atoms with Crippen LogP contribution in [0.4, 0.5) is 5.69 Å². The normalized spacial score (nSPS) is 11.6. The number of nitro benzene ring substituents is 1. The van der Waals surface area contributed by atoms with Gasteiger partial charge in [-0.3, -0.25) is 10.1 Å². The Morgan fingerprint density at radius 3 is 2.65 bits per heavy atom. The predicted octanol–water partition coefficient (Wildman–Crippen LogP) is 3.13. The van der Waals surface area contributed by atoms with Crippen LogP contribution in [0.15, 0.2) is 41.8 Å². The lowest BCUT2D eigenvalue weighted by Crippen LogP contribution is -2.10. The summed E-state index contributed by atoms with van der Waals surface area (Å²) in [7, 11) is 0. The Balaban J connectivity index is 0.00000144. The molecule has 1 heterocycles. The molecule has 4 nitrogen and oxygen atoms in total. The van der Waals surface area contributed by atoms with Gasteiger partial charge in [-0.25, -0.2) is 0 Å². The lowest BCUT2D eigenvalue weighted by Gasteiger charge is -2.09. The van der Waals surface area contributed by atoms with Crippen molar-refractivity contribution >= 4 is 29.4 Å². The van der Waals surface area contributed by atoms with Crippen LogP contribution < -0.4 is 5.73 Å². The number of non-ortho nitro benzene ring substituents is 1. The molecule has 2 N–H and O–H groups in total. The second kappa shape index (κ2) is 5.77. The van der Waals surface area contributed by atoms with Gasteiger partial charge in [-0.15, -0.1) is 23.7 Å². The van der Waals surface area contributed by atoms with E-state index in [9.17, 15) is 10.1 Å². The molecule has 0 fully saturated rings. The summed E-state index contributed by atoms with van der Waals surface area (Å²) in [6.45, 7) is 0. The Hall–Kier alpha value is -1.43. The first-order valence-electron chi connectivity index (χ1n) is 4.72. The quantitative estimate of drug-likeness (QED) is 0.688. The molecule has 17 heavy (non-hydrogen) atoms. The van der Waals surface area contributed by atoms with Crippen molar-refractivity contribution < 1.29 is 4.92 Å². The molecule has 0 aliphatic rings. The first-order valence-corrected chi connectivity index (χ1v) is 5.60. The fourth-order valence-corrected chi connectivity index (χ4v) is 2.22. The van der Waals surface area contributed by atoms with Gasteiger partial charge in [-0.05, 0) is 17.0 Å². The van der Waals surface area contributed by atoms with Crippen LogP contribution in [0, 0.1) is 10.1 Å². The van der Waals surface area contributed by atoms with Crippen LogP contribution in [0.1, 0.15) is 16.5 Å². The molecule has 2 aromatic rings. The Bertz CT molecular complexity index is 502. The van der Waals surface area contributed by atoms with Gasteiger partial charge in [-0.1, -0.05) is 18.2 Å². The second-order valence-corrected chi connectivity index (χ2v) is 4.32. The van der Waals surface area contributed by atoms with Crippen molar-refractivity contribution in [2.75, 3.05) is 0 Å². The third-order valence-electron chi connectivity index (χ3n) is 2.29. The maximum absolute atomic E-state index is 10.6.